The molecule has 0 radical (unpaired) electrons. The normalized spacial score (nSPS) is 15.8. The van der Waals surface area contributed by atoms with Gasteiger partial charge in [-0.25, -0.2) is 17.5 Å². The van der Waals surface area contributed by atoms with Crippen molar-refractivity contribution in [1.29, 1.82) is 5.26 Å². The number of pyridine rings is 1. The van der Waals surface area contributed by atoms with Crippen molar-refractivity contribution >= 4 is 27.6 Å². The van der Waals surface area contributed by atoms with Crippen LogP contribution >= 0.6 is 0 Å². The zero-order valence-electron chi connectivity index (χ0n) is 15.1. The van der Waals surface area contributed by atoms with Crippen molar-refractivity contribution < 1.29 is 18.0 Å². The summed E-state index contributed by atoms with van der Waals surface area (Å²) < 4.78 is 26.2. The highest BCUT2D eigenvalue weighted by Gasteiger charge is 2.39. The Hall–Kier alpha value is -3.45. The molecule has 144 valence electrons. The summed E-state index contributed by atoms with van der Waals surface area (Å²) in [6.45, 7) is 2.61. The number of nitrogens with one attached hydrogen (secondary N) is 2. The molecule has 1 atom stereocenters. The molecule has 3 amide bonds. The minimum atomic E-state index is -4.16. The lowest BCUT2D eigenvalue weighted by Gasteiger charge is -2.29. The second-order valence-corrected chi connectivity index (χ2v) is 8.07. The number of urea groups is 1. The maximum Gasteiger partial charge on any atom is 0.336 e. The van der Waals surface area contributed by atoms with Gasteiger partial charge in [0.15, 0.2) is 0 Å². The number of benzene rings is 1. The van der Waals surface area contributed by atoms with Gasteiger partial charge in [0.2, 0.25) is 5.91 Å². The molecular formula is C18H17N5O4S. The molecule has 28 heavy (non-hydrogen) atoms. The van der Waals surface area contributed by atoms with Crippen LogP contribution in [-0.2, 0) is 14.8 Å². The van der Waals surface area contributed by atoms with E-state index in [2.05, 4.69) is 15.6 Å². The summed E-state index contributed by atoms with van der Waals surface area (Å²) in [5.41, 5.74) is 1.54. The summed E-state index contributed by atoms with van der Waals surface area (Å²) in [7, 11) is -4.16. The van der Waals surface area contributed by atoms with Crippen LogP contribution < -0.4 is 10.6 Å². The SMILES string of the molecule is Cc1cccc2c1S(=O)(=O)N(CC(=O)N[C@H](C)c1ccc(C#N)cn1)C(=O)N2. The minimum absolute atomic E-state index is 0.0239. The number of hydrogen-bond donors (Lipinski definition) is 2. The van der Waals surface area contributed by atoms with Crippen LogP contribution in [0.4, 0.5) is 10.5 Å². The van der Waals surface area contributed by atoms with E-state index in [9.17, 15) is 18.0 Å². The number of nitriles is 1. The number of amides is 3. The second-order valence-electron chi connectivity index (χ2n) is 6.27. The van der Waals surface area contributed by atoms with Crippen molar-refractivity contribution in [2.45, 2.75) is 24.8 Å². The Morgan fingerprint density at radius 1 is 1.36 bits per heavy atom. The smallest absolute Gasteiger partial charge is 0.336 e. The zero-order chi connectivity index (χ0) is 20.5. The number of aryl methyl sites for hydroxylation is 1. The number of carbonyl (C=O) groups excluding carboxylic acids is 2. The molecule has 9 nitrogen and oxygen atoms in total. The zero-order valence-corrected chi connectivity index (χ0v) is 15.9. The Balaban J connectivity index is 1.77. The van der Waals surface area contributed by atoms with Gasteiger partial charge in [0.1, 0.15) is 17.5 Å². The number of aromatic nitrogens is 1. The molecule has 0 bridgehead atoms. The Labute approximate surface area is 162 Å². The molecule has 2 N–H and O–H groups in total. The second kappa shape index (κ2) is 7.28. The number of rotatable bonds is 4. The molecule has 0 aliphatic carbocycles. The number of nitrogens with zero attached hydrogens (tertiary/aromatic N) is 3. The lowest BCUT2D eigenvalue weighted by molar-refractivity contribution is -0.121. The van der Waals surface area contributed by atoms with E-state index in [-0.39, 0.29) is 10.6 Å². The fraction of sp³-hybridized carbons (Fsp3) is 0.222. The molecule has 0 saturated carbocycles. The van der Waals surface area contributed by atoms with Crippen LogP contribution in [0.15, 0.2) is 41.4 Å². The Kier molecular flexibility index (Phi) is 5.02. The highest BCUT2D eigenvalue weighted by atomic mass is 32.2. The molecular weight excluding hydrogens is 382 g/mol. The number of carbonyl (C=O) groups is 2. The summed E-state index contributed by atoms with van der Waals surface area (Å²) in [4.78, 5) is 28.7. The van der Waals surface area contributed by atoms with Gasteiger partial charge in [0.25, 0.3) is 10.0 Å². The Morgan fingerprint density at radius 2 is 2.11 bits per heavy atom. The third-order valence-electron chi connectivity index (χ3n) is 4.25. The van der Waals surface area contributed by atoms with Crippen molar-refractivity contribution in [3.05, 3.63) is 53.3 Å². The first kappa shape index (κ1) is 19.3. The average Bonchev–Trinajstić information content (AvgIpc) is 2.64. The summed E-state index contributed by atoms with van der Waals surface area (Å²) >= 11 is 0. The van der Waals surface area contributed by atoms with E-state index < -0.39 is 34.5 Å². The summed E-state index contributed by atoms with van der Waals surface area (Å²) in [6, 6.07) is 8.42. The van der Waals surface area contributed by atoms with Crippen LogP contribution in [0, 0.1) is 18.3 Å². The number of sulfonamides is 1. The fourth-order valence-corrected chi connectivity index (χ4v) is 4.51. The molecule has 0 fully saturated rings. The van der Waals surface area contributed by atoms with Crippen molar-refractivity contribution in [2.75, 3.05) is 11.9 Å². The topological polar surface area (TPSA) is 132 Å². The molecule has 2 aromatic rings. The van der Waals surface area contributed by atoms with E-state index in [4.69, 9.17) is 5.26 Å². The third kappa shape index (κ3) is 3.52. The van der Waals surface area contributed by atoms with Gasteiger partial charge in [-0.05, 0) is 37.6 Å². The van der Waals surface area contributed by atoms with Crippen molar-refractivity contribution in [3.63, 3.8) is 0 Å². The maximum atomic E-state index is 12.8. The summed E-state index contributed by atoms with van der Waals surface area (Å²) in [6.07, 6.45) is 1.38. The van der Waals surface area contributed by atoms with Gasteiger partial charge in [-0.3, -0.25) is 9.78 Å². The van der Waals surface area contributed by atoms with E-state index in [1.807, 2.05) is 6.07 Å². The molecule has 1 aliphatic rings. The van der Waals surface area contributed by atoms with E-state index in [1.165, 1.54) is 12.3 Å². The monoisotopic (exact) mass is 399 g/mol. The van der Waals surface area contributed by atoms with Crippen molar-refractivity contribution in [2.24, 2.45) is 0 Å². The van der Waals surface area contributed by atoms with Crippen LogP contribution in [0.5, 0.6) is 0 Å². The average molecular weight is 399 g/mol. The van der Waals surface area contributed by atoms with Gasteiger partial charge in [-0.2, -0.15) is 5.26 Å². The lowest BCUT2D eigenvalue weighted by Crippen LogP contribution is -2.49. The molecule has 0 unspecified atom stereocenters. The van der Waals surface area contributed by atoms with Gasteiger partial charge in [0.05, 0.1) is 23.0 Å². The largest absolute Gasteiger partial charge is 0.346 e. The molecule has 0 saturated heterocycles. The highest BCUT2D eigenvalue weighted by molar-refractivity contribution is 7.90. The predicted octanol–water partition coefficient (Wildman–Crippen LogP) is 1.68. The molecule has 2 heterocycles. The maximum absolute atomic E-state index is 12.8. The van der Waals surface area contributed by atoms with E-state index in [0.717, 1.165) is 0 Å². The van der Waals surface area contributed by atoms with Gasteiger partial charge < -0.3 is 10.6 Å². The van der Waals surface area contributed by atoms with Crippen LogP contribution in [0.1, 0.15) is 29.8 Å². The number of hydrogen-bond acceptors (Lipinski definition) is 6. The fourth-order valence-electron chi connectivity index (χ4n) is 2.87. The first-order valence-corrected chi connectivity index (χ1v) is 9.77. The van der Waals surface area contributed by atoms with Crippen LogP contribution in [-0.4, -0.2) is 36.2 Å². The van der Waals surface area contributed by atoms with Gasteiger partial charge >= 0.3 is 6.03 Å². The van der Waals surface area contributed by atoms with Gasteiger partial charge in [-0.15, -0.1) is 0 Å². The Morgan fingerprint density at radius 3 is 2.75 bits per heavy atom. The van der Waals surface area contributed by atoms with Crippen LogP contribution in [0.2, 0.25) is 0 Å². The molecule has 3 rings (SSSR count). The first-order valence-electron chi connectivity index (χ1n) is 8.33. The van der Waals surface area contributed by atoms with E-state index >= 15 is 0 Å². The van der Waals surface area contributed by atoms with Gasteiger partial charge in [-0.1, -0.05) is 12.1 Å². The minimum Gasteiger partial charge on any atom is -0.346 e. The van der Waals surface area contributed by atoms with E-state index in [1.54, 1.807) is 38.1 Å². The van der Waals surface area contributed by atoms with Crippen molar-refractivity contribution in [3.8, 4) is 6.07 Å². The van der Waals surface area contributed by atoms with Crippen LogP contribution in [0.25, 0.3) is 0 Å². The standard InChI is InChI=1S/C18H17N5O4S/c1-11-4-3-5-15-17(11)28(26,27)23(18(25)22-15)10-16(24)21-12(2)14-7-6-13(8-19)9-20-14/h3-7,9,12H,10H2,1-2H3,(H,21,24)(H,22,25)/t12-/m1/s1. The first-order chi connectivity index (χ1) is 13.2. The molecule has 0 spiro atoms. The molecule has 1 aliphatic heterocycles. The molecule has 1 aromatic heterocycles. The number of anilines is 1. The van der Waals surface area contributed by atoms with E-state index in [0.29, 0.717) is 21.1 Å². The van der Waals surface area contributed by atoms with Gasteiger partial charge in [0, 0.05) is 6.20 Å². The molecule has 1 aromatic carbocycles. The quantitative estimate of drug-likeness (QED) is 0.804. The highest BCUT2D eigenvalue weighted by Crippen LogP contribution is 2.32. The summed E-state index contributed by atoms with van der Waals surface area (Å²) in [5, 5.41) is 13.9. The van der Waals surface area contributed by atoms with Crippen LogP contribution in [0.3, 0.4) is 0 Å². The number of fused-ring (bicyclic) bond motifs is 1. The summed E-state index contributed by atoms with van der Waals surface area (Å²) in [5.74, 6) is -0.658. The Bertz CT molecular complexity index is 1090. The van der Waals surface area contributed by atoms with Crippen molar-refractivity contribution in [1.82, 2.24) is 14.6 Å². The predicted molar refractivity (Wildman–Crippen MR) is 99.6 cm³/mol. The lowest BCUT2D eigenvalue weighted by atomic mass is 10.2. The molecule has 10 heteroatoms. The third-order valence-corrected chi connectivity index (χ3v) is 6.18.